The van der Waals surface area contributed by atoms with E-state index in [1.54, 1.807) is 12.2 Å². The number of ether oxygens (including phenoxy) is 2. The third-order valence-corrected chi connectivity index (χ3v) is 8.83. The molecule has 4 aromatic carbocycles. The van der Waals surface area contributed by atoms with E-state index in [9.17, 15) is 19.2 Å². The van der Waals surface area contributed by atoms with Gasteiger partial charge in [0, 0.05) is 0 Å². The Kier molecular flexibility index (Phi) is 10.4. The third kappa shape index (κ3) is 7.89. The molecule has 0 spiro atoms. The van der Waals surface area contributed by atoms with E-state index in [0.717, 1.165) is 22.3 Å². The zero-order valence-electron chi connectivity index (χ0n) is 26.6. The molecule has 0 aromatic heterocycles. The normalized spacial score (nSPS) is 18.8. The van der Waals surface area contributed by atoms with Crippen LogP contribution in [0.15, 0.2) is 133 Å². The van der Waals surface area contributed by atoms with Crippen molar-refractivity contribution in [2.45, 2.75) is 37.8 Å². The minimum atomic E-state index is -0.770. The molecule has 48 heavy (non-hydrogen) atoms. The van der Waals surface area contributed by atoms with Gasteiger partial charge in [-0.05, 0) is 47.9 Å². The van der Waals surface area contributed by atoms with Gasteiger partial charge in [-0.3, -0.25) is 9.59 Å². The first-order chi connectivity index (χ1) is 23.5. The smallest absolute Gasteiger partial charge is 0.417 e. The molecule has 8 heteroatoms. The van der Waals surface area contributed by atoms with E-state index in [4.69, 9.17) is 9.47 Å². The molecule has 0 bridgehead atoms. The summed E-state index contributed by atoms with van der Waals surface area (Å²) in [5.41, 5.74) is 3.80. The fraction of sp³-hybridized carbons (Fsp3) is 0.250. The molecule has 0 unspecified atom stereocenters. The Morgan fingerprint density at radius 2 is 0.854 bits per heavy atom. The molecular formula is C40H38N2O6. The average molecular weight is 643 g/mol. The molecule has 0 aliphatic carbocycles. The van der Waals surface area contributed by atoms with Crippen molar-refractivity contribution < 1.29 is 28.7 Å². The van der Waals surface area contributed by atoms with Crippen molar-refractivity contribution in [2.75, 3.05) is 13.2 Å². The number of rotatable bonds is 12. The second-order valence-electron chi connectivity index (χ2n) is 12.2. The van der Waals surface area contributed by atoms with Crippen LogP contribution in [0.25, 0.3) is 0 Å². The number of cyclic esters (lactones) is 2. The van der Waals surface area contributed by atoms with Gasteiger partial charge in [-0.25, -0.2) is 19.4 Å². The van der Waals surface area contributed by atoms with Crippen molar-refractivity contribution >= 4 is 24.0 Å². The lowest BCUT2D eigenvalue weighted by molar-refractivity contribution is -0.133. The van der Waals surface area contributed by atoms with Crippen LogP contribution in [0.1, 0.15) is 22.3 Å². The number of carbonyl (C=O) groups is 4. The van der Waals surface area contributed by atoms with Gasteiger partial charge in [0.05, 0.1) is 23.9 Å². The molecule has 8 nitrogen and oxygen atoms in total. The summed E-state index contributed by atoms with van der Waals surface area (Å²) in [6.45, 7) is 0.215. The van der Waals surface area contributed by atoms with Crippen molar-refractivity contribution in [3.05, 3.63) is 156 Å². The van der Waals surface area contributed by atoms with E-state index >= 15 is 0 Å². The van der Waals surface area contributed by atoms with Gasteiger partial charge in [-0.1, -0.05) is 133 Å². The lowest BCUT2D eigenvalue weighted by Gasteiger charge is -2.25. The van der Waals surface area contributed by atoms with Crippen LogP contribution in [0.3, 0.4) is 0 Å². The molecule has 0 saturated carbocycles. The maximum atomic E-state index is 14.3. The number of imide groups is 2. The van der Waals surface area contributed by atoms with Gasteiger partial charge in [0.15, 0.2) is 0 Å². The molecule has 2 heterocycles. The van der Waals surface area contributed by atoms with E-state index in [2.05, 4.69) is 0 Å². The third-order valence-electron chi connectivity index (χ3n) is 8.83. The maximum Gasteiger partial charge on any atom is 0.417 e. The lowest BCUT2D eigenvalue weighted by Crippen LogP contribution is -2.44. The first kappa shape index (κ1) is 32.4. The summed E-state index contributed by atoms with van der Waals surface area (Å²) < 4.78 is 10.8. The largest absolute Gasteiger partial charge is 0.447 e. The van der Waals surface area contributed by atoms with E-state index in [0.29, 0.717) is 25.7 Å². The summed E-state index contributed by atoms with van der Waals surface area (Å²) in [6.07, 6.45) is 3.66. The summed E-state index contributed by atoms with van der Waals surface area (Å²) >= 11 is 0. The zero-order valence-corrected chi connectivity index (χ0v) is 26.6. The second kappa shape index (κ2) is 15.4. The number of benzene rings is 4. The summed E-state index contributed by atoms with van der Waals surface area (Å²) in [5, 5.41) is 0. The maximum absolute atomic E-state index is 14.3. The zero-order chi connectivity index (χ0) is 33.3. The Morgan fingerprint density at radius 1 is 0.542 bits per heavy atom. The molecule has 4 amide bonds. The molecule has 2 saturated heterocycles. The summed E-state index contributed by atoms with van der Waals surface area (Å²) in [6, 6.07) is 37.6. The van der Waals surface area contributed by atoms with E-state index < -0.39 is 47.9 Å². The topological polar surface area (TPSA) is 93.2 Å². The van der Waals surface area contributed by atoms with E-state index in [-0.39, 0.29) is 13.2 Å². The first-order valence-corrected chi connectivity index (χ1v) is 16.3. The molecule has 2 aliphatic rings. The highest BCUT2D eigenvalue weighted by Gasteiger charge is 2.42. The Hall–Kier alpha value is -5.50. The molecule has 4 aromatic rings. The van der Waals surface area contributed by atoms with Gasteiger partial charge in [0.1, 0.15) is 13.2 Å². The number of amides is 4. The van der Waals surface area contributed by atoms with Gasteiger partial charge in [-0.15, -0.1) is 0 Å². The standard InChI is InChI=1S/C40H38N2O6/c43-37(41-35(27-47-39(41)45)25-31-17-9-3-10-18-31)33(23-29-13-5-1-6-14-29)21-22-34(24-30-15-7-2-8-16-30)38(44)42-36(28-48-40(42)46)26-32-19-11-4-12-20-32/h1-22,33-36H,23-28H2/t33-,34-,35+,36+/m1/s1. The van der Waals surface area contributed by atoms with Crippen LogP contribution in [0, 0.1) is 11.8 Å². The summed E-state index contributed by atoms with van der Waals surface area (Å²) in [5.74, 6) is -2.33. The van der Waals surface area contributed by atoms with E-state index in [1.807, 2.05) is 121 Å². The van der Waals surface area contributed by atoms with E-state index in [1.165, 1.54) is 9.80 Å². The van der Waals surface area contributed by atoms with Gasteiger partial charge in [0.25, 0.3) is 0 Å². The molecular weight excluding hydrogens is 604 g/mol. The highest BCUT2D eigenvalue weighted by atomic mass is 16.6. The number of carbonyl (C=O) groups excluding carboxylic acids is 4. The van der Waals surface area contributed by atoms with Crippen LogP contribution in [0.4, 0.5) is 9.59 Å². The van der Waals surface area contributed by atoms with Crippen LogP contribution in [0.2, 0.25) is 0 Å². The van der Waals surface area contributed by atoms with Gasteiger partial charge < -0.3 is 9.47 Å². The molecule has 0 radical (unpaired) electrons. The Labute approximate surface area is 280 Å². The summed E-state index contributed by atoms with van der Waals surface area (Å²) in [7, 11) is 0. The van der Waals surface area contributed by atoms with Gasteiger partial charge in [0.2, 0.25) is 11.8 Å². The monoisotopic (exact) mass is 642 g/mol. The molecule has 0 N–H and O–H groups in total. The Bertz CT molecular complexity index is 1600. The predicted molar refractivity (Wildman–Crippen MR) is 181 cm³/mol. The van der Waals surface area contributed by atoms with Crippen LogP contribution in [-0.4, -0.2) is 59.1 Å². The minimum Gasteiger partial charge on any atom is -0.447 e. The van der Waals surface area contributed by atoms with Crippen molar-refractivity contribution in [1.82, 2.24) is 9.80 Å². The van der Waals surface area contributed by atoms with Gasteiger partial charge in [-0.2, -0.15) is 0 Å². The molecule has 244 valence electrons. The number of nitrogens with zero attached hydrogens (tertiary/aromatic N) is 2. The predicted octanol–water partition coefficient (Wildman–Crippen LogP) is 6.44. The molecule has 4 atom stereocenters. The second-order valence-corrected chi connectivity index (χ2v) is 12.2. The van der Waals surface area contributed by atoms with Gasteiger partial charge >= 0.3 is 12.2 Å². The summed E-state index contributed by atoms with van der Waals surface area (Å²) in [4.78, 5) is 57.0. The lowest BCUT2D eigenvalue weighted by atomic mass is 9.91. The fourth-order valence-corrected chi connectivity index (χ4v) is 6.37. The molecule has 6 rings (SSSR count). The number of hydrogen-bond donors (Lipinski definition) is 0. The molecule has 2 aliphatic heterocycles. The highest BCUT2D eigenvalue weighted by molar-refractivity contribution is 5.97. The van der Waals surface area contributed by atoms with Crippen LogP contribution < -0.4 is 0 Å². The van der Waals surface area contributed by atoms with Crippen molar-refractivity contribution in [3.8, 4) is 0 Å². The van der Waals surface area contributed by atoms with Crippen LogP contribution in [0.5, 0.6) is 0 Å². The van der Waals surface area contributed by atoms with Crippen LogP contribution >= 0.6 is 0 Å². The van der Waals surface area contributed by atoms with Crippen molar-refractivity contribution in [1.29, 1.82) is 0 Å². The fourth-order valence-electron chi connectivity index (χ4n) is 6.37. The Balaban J connectivity index is 1.30. The first-order valence-electron chi connectivity index (χ1n) is 16.3. The minimum absolute atomic E-state index is 0.107. The molecule has 2 fully saturated rings. The van der Waals surface area contributed by atoms with Crippen molar-refractivity contribution in [2.24, 2.45) is 11.8 Å². The Morgan fingerprint density at radius 3 is 1.19 bits per heavy atom. The SMILES string of the molecule is O=C1OC[C@H](Cc2ccccc2)N1C(=O)[C@H](C=C[C@H](Cc1ccccc1)C(=O)N1C(=O)OC[C@@H]1Cc1ccccc1)Cc1ccccc1. The van der Waals surface area contributed by atoms with Crippen LogP contribution in [-0.2, 0) is 44.7 Å². The van der Waals surface area contributed by atoms with Crippen molar-refractivity contribution in [3.63, 3.8) is 0 Å². The average Bonchev–Trinajstić information content (AvgIpc) is 3.67. The number of hydrogen-bond acceptors (Lipinski definition) is 6. The quantitative estimate of drug-likeness (QED) is 0.165. The highest BCUT2D eigenvalue weighted by Crippen LogP contribution is 2.26.